The molecule has 0 aliphatic heterocycles. The standard InChI is InChI=1S/C11H15NO/c1-10-3-5-11(6-4-10)7-8-12(2)9-13/h3-6,9H,7-8H2,1-2H3. The molecule has 1 aromatic carbocycles. The molecule has 0 aromatic heterocycles. The van der Waals surface area contributed by atoms with Crippen LogP contribution < -0.4 is 0 Å². The minimum Gasteiger partial charge on any atom is -0.348 e. The van der Waals surface area contributed by atoms with Crippen molar-refractivity contribution in [2.75, 3.05) is 13.6 Å². The van der Waals surface area contributed by atoms with Crippen molar-refractivity contribution in [1.82, 2.24) is 4.90 Å². The quantitative estimate of drug-likeness (QED) is 0.640. The molecule has 0 fully saturated rings. The van der Waals surface area contributed by atoms with Crippen LogP contribution in [-0.2, 0) is 11.2 Å². The van der Waals surface area contributed by atoms with Gasteiger partial charge in [-0.2, -0.15) is 0 Å². The SMILES string of the molecule is Cc1ccc(CCN(C)C=O)cc1. The molecular weight excluding hydrogens is 162 g/mol. The van der Waals surface area contributed by atoms with Gasteiger partial charge in [-0.1, -0.05) is 29.8 Å². The summed E-state index contributed by atoms with van der Waals surface area (Å²) in [4.78, 5) is 12.0. The van der Waals surface area contributed by atoms with Gasteiger partial charge < -0.3 is 4.90 Å². The molecule has 1 aromatic rings. The number of carbonyl (C=O) groups is 1. The molecule has 0 saturated heterocycles. The number of carbonyl (C=O) groups excluding carboxylic acids is 1. The molecule has 0 spiro atoms. The first-order chi connectivity index (χ1) is 6.22. The maximum absolute atomic E-state index is 10.3. The number of hydrogen-bond donors (Lipinski definition) is 0. The summed E-state index contributed by atoms with van der Waals surface area (Å²) in [5.74, 6) is 0. The lowest BCUT2D eigenvalue weighted by molar-refractivity contribution is -0.116. The van der Waals surface area contributed by atoms with Gasteiger partial charge in [0.05, 0.1) is 0 Å². The molecule has 0 aliphatic carbocycles. The smallest absolute Gasteiger partial charge is 0.209 e. The van der Waals surface area contributed by atoms with Crippen LogP contribution in [0.3, 0.4) is 0 Å². The summed E-state index contributed by atoms with van der Waals surface area (Å²) >= 11 is 0. The number of hydrogen-bond acceptors (Lipinski definition) is 1. The number of likely N-dealkylation sites (N-methyl/N-ethyl adjacent to an activating group) is 1. The lowest BCUT2D eigenvalue weighted by Crippen LogP contribution is -2.18. The Hall–Kier alpha value is -1.31. The molecular formula is C11H15NO. The second kappa shape index (κ2) is 4.65. The highest BCUT2D eigenvalue weighted by molar-refractivity contribution is 5.46. The van der Waals surface area contributed by atoms with E-state index in [1.54, 1.807) is 11.9 Å². The van der Waals surface area contributed by atoms with Gasteiger partial charge in [-0.3, -0.25) is 4.79 Å². The van der Waals surface area contributed by atoms with Gasteiger partial charge in [0.1, 0.15) is 0 Å². The Morgan fingerprint density at radius 3 is 2.46 bits per heavy atom. The van der Waals surface area contributed by atoms with Crippen LogP contribution in [0.4, 0.5) is 0 Å². The topological polar surface area (TPSA) is 20.3 Å². The highest BCUT2D eigenvalue weighted by Gasteiger charge is 1.95. The molecule has 0 saturated carbocycles. The minimum atomic E-state index is 0.784. The summed E-state index contributed by atoms with van der Waals surface area (Å²) in [5.41, 5.74) is 2.55. The van der Waals surface area contributed by atoms with Crippen LogP contribution in [0.2, 0.25) is 0 Å². The highest BCUT2D eigenvalue weighted by Crippen LogP contribution is 2.03. The maximum Gasteiger partial charge on any atom is 0.209 e. The third-order valence-electron chi connectivity index (χ3n) is 2.05. The number of nitrogens with zero attached hydrogens (tertiary/aromatic N) is 1. The zero-order valence-electron chi connectivity index (χ0n) is 8.16. The van der Waals surface area contributed by atoms with Crippen molar-refractivity contribution in [1.29, 1.82) is 0 Å². The van der Waals surface area contributed by atoms with Crippen LogP contribution in [0.1, 0.15) is 11.1 Å². The van der Waals surface area contributed by atoms with Gasteiger partial charge >= 0.3 is 0 Å². The fourth-order valence-corrected chi connectivity index (χ4v) is 1.11. The number of rotatable bonds is 4. The van der Waals surface area contributed by atoms with Gasteiger partial charge in [-0.15, -0.1) is 0 Å². The van der Waals surface area contributed by atoms with Gasteiger partial charge in [0.15, 0.2) is 0 Å². The van der Waals surface area contributed by atoms with E-state index >= 15 is 0 Å². The minimum absolute atomic E-state index is 0.784. The summed E-state index contributed by atoms with van der Waals surface area (Å²) in [6, 6.07) is 8.40. The Balaban J connectivity index is 2.45. The van der Waals surface area contributed by atoms with E-state index in [1.807, 2.05) is 0 Å². The molecule has 0 N–H and O–H groups in total. The average molecular weight is 177 g/mol. The Bertz CT molecular complexity index is 266. The molecule has 0 atom stereocenters. The molecule has 1 amide bonds. The van der Waals surface area contributed by atoms with Crippen molar-refractivity contribution in [3.05, 3.63) is 35.4 Å². The van der Waals surface area contributed by atoms with E-state index in [1.165, 1.54) is 11.1 Å². The van der Waals surface area contributed by atoms with Crippen molar-refractivity contribution in [2.45, 2.75) is 13.3 Å². The molecule has 70 valence electrons. The normalized spacial score (nSPS) is 9.69. The van der Waals surface area contributed by atoms with Crippen LogP contribution in [0.25, 0.3) is 0 Å². The molecule has 2 nitrogen and oxygen atoms in total. The summed E-state index contributed by atoms with van der Waals surface area (Å²) in [5, 5.41) is 0. The van der Waals surface area contributed by atoms with Gasteiger partial charge in [-0.25, -0.2) is 0 Å². The first kappa shape index (κ1) is 9.78. The third kappa shape index (κ3) is 3.28. The Morgan fingerprint density at radius 2 is 1.92 bits per heavy atom. The molecule has 0 aliphatic rings. The maximum atomic E-state index is 10.3. The van der Waals surface area contributed by atoms with Crippen molar-refractivity contribution < 1.29 is 4.79 Å². The number of aryl methyl sites for hydroxylation is 1. The van der Waals surface area contributed by atoms with Crippen molar-refractivity contribution in [3.8, 4) is 0 Å². The number of amides is 1. The Kier molecular flexibility index (Phi) is 3.50. The van der Waals surface area contributed by atoms with Crippen molar-refractivity contribution >= 4 is 6.41 Å². The lowest BCUT2D eigenvalue weighted by Gasteiger charge is -2.09. The van der Waals surface area contributed by atoms with Crippen molar-refractivity contribution in [3.63, 3.8) is 0 Å². The van der Waals surface area contributed by atoms with Crippen LogP contribution in [-0.4, -0.2) is 24.9 Å². The molecule has 0 radical (unpaired) electrons. The molecule has 0 unspecified atom stereocenters. The van der Waals surface area contributed by atoms with Gasteiger partial charge in [-0.05, 0) is 18.9 Å². The zero-order chi connectivity index (χ0) is 9.68. The van der Waals surface area contributed by atoms with Crippen LogP contribution in [0, 0.1) is 6.92 Å². The van der Waals surface area contributed by atoms with Gasteiger partial charge in [0.2, 0.25) is 6.41 Å². The monoisotopic (exact) mass is 177 g/mol. The average Bonchev–Trinajstić information content (AvgIpc) is 2.16. The predicted octanol–water partition coefficient (Wildman–Crippen LogP) is 1.63. The van der Waals surface area contributed by atoms with E-state index in [4.69, 9.17) is 0 Å². The first-order valence-electron chi connectivity index (χ1n) is 4.43. The zero-order valence-corrected chi connectivity index (χ0v) is 8.16. The summed E-state index contributed by atoms with van der Waals surface area (Å²) in [7, 11) is 1.79. The molecule has 1 rings (SSSR count). The van der Waals surface area contributed by atoms with E-state index in [9.17, 15) is 4.79 Å². The summed E-state index contributed by atoms with van der Waals surface area (Å²) in [6.07, 6.45) is 1.78. The van der Waals surface area contributed by atoms with E-state index in [-0.39, 0.29) is 0 Å². The molecule has 2 heteroatoms. The van der Waals surface area contributed by atoms with Crippen LogP contribution in [0.15, 0.2) is 24.3 Å². The molecule has 0 heterocycles. The second-order valence-corrected chi connectivity index (χ2v) is 3.32. The predicted molar refractivity (Wildman–Crippen MR) is 53.6 cm³/mol. The first-order valence-corrected chi connectivity index (χ1v) is 4.43. The Labute approximate surface area is 79.2 Å². The largest absolute Gasteiger partial charge is 0.348 e. The molecule has 0 bridgehead atoms. The summed E-state index contributed by atoms with van der Waals surface area (Å²) < 4.78 is 0. The van der Waals surface area contributed by atoms with E-state index in [2.05, 4.69) is 31.2 Å². The van der Waals surface area contributed by atoms with Gasteiger partial charge in [0, 0.05) is 13.6 Å². The van der Waals surface area contributed by atoms with Gasteiger partial charge in [0.25, 0.3) is 0 Å². The number of benzene rings is 1. The van der Waals surface area contributed by atoms with E-state index < -0.39 is 0 Å². The van der Waals surface area contributed by atoms with Crippen LogP contribution >= 0.6 is 0 Å². The third-order valence-corrected chi connectivity index (χ3v) is 2.05. The highest BCUT2D eigenvalue weighted by atomic mass is 16.1. The lowest BCUT2D eigenvalue weighted by atomic mass is 10.1. The van der Waals surface area contributed by atoms with E-state index in [0.29, 0.717) is 0 Å². The van der Waals surface area contributed by atoms with Crippen molar-refractivity contribution in [2.24, 2.45) is 0 Å². The molecule has 13 heavy (non-hydrogen) atoms. The van der Waals surface area contributed by atoms with Crippen LogP contribution in [0.5, 0.6) is 0 Å². The fraction of sp³-hybridized carbons (Fsp3) is 0.364. The van der Waals surface area contributed by atoms with E-state index in [0.717, 1.165) is 19.4 Å². The summed E-state index contributed by atoms with van der Waals surface area (Å²) in [6.45, 7) is 2.86. The second-order valence-electron chi connectivity index (χ2n) is 3.32. The Morgan fingerprint density at radius 1 is 1.31 bits per heavy atom. The fourth-order valence-electron chi connectivity index (χ4n) is 1.11.